The van der Waals surface area contributed by atoms with Crippen LogP contribution in [0.5, 0.6) is 5.75 Å². The monoisotopic (exact) mass is 691 g/mol. The van der Waals surface area contributed by atoms with E-state index >= 15 is 4.11 Å². The molecular formula is C35H39ClFN5O5Si. The molecule has 10 nitrogen and oxygen atoms in total. The normalized spacial score (nSPS) is 21.9. The third-order valence-electron chi connectivity index (χ3n) is 9.42. The van der Waals surface area contributed by atoms with Gasteiger partial charge < -0.3 is 28.9 Å². The van der Waals surface area contributed by atoms with Crippen molar-refractivity contribution in [3.05, 3.63) is 100 Å². The maximum Gasteiger partial charge on any atom is 0.264 e. The van der Waals surface area contributed by atoms with E-state index in [-0.39, 0.29) is 25.0 Å². The number of rotatable bonds is 11. The van der Waals surface area contributed by atoms with Gasteiger partial charge in [0.05, 0.1) is 31.1 Å². The fourth-order valence-corrected chi connectivity index (χ4v) is 9.92. The number of halogens is 2. The highest BCUT2D eigenvalue weighted by atomic mass is 35.5. The predicted octanol–water partition coefficient (Wildman–Crippen LogP) is 6.14. The molecule has 4 aromatic rings. The van der Waals surface area contributed by atoms with Crippen LogP contribution in [0.3, 0.4) is 0 Å². The number of anilines is 2. The third-order valence-corrected chi connectivity index (χ3v) is 12.1. The van der Waals surface area contributed by atoms with Crippen molar-refractivity contribution in [1.29, 1.82) is 0 Å². The molecule has 0 unspecified atom stereocenters. The van der Waals surface area contributed by atoms with Gasteiger partial charge in [-0.15, -0.1) is 5.10 Å². The third kappa shape index (κ3) is 6.37. The number of ether oxygens (including phenoxy) is 2. The molecule has 0 bridgehead atoms. The molecule has 0 radical (unpaired) electrons. The number of methoxy groups -OCH3 is 1. The Morgan fingerprint density at radius 2 is 1.88 bits per heavy atom. The van der Waals surface area contributed by atoms with Gasteiger partial charge in [-0.2, -0.15) is 0 Å². The summed E-state index contributed by atoms with van der Waals surface area (Å²) in [5.74, 6) is -0.295. The van der Waals surface area contributed by atoms with E-state index in [1.165, 1.54) is 0 Å². The number of nitrogens with one attached hydrogen (secondary N) is 1. The molecule has 3 aromatic carbocycles. The lowest BCUT2D eigenvalue weighted by Gasteiger charge is -2.31. The largest absolute Gasteiger partial charge is 0.497 e. The Morgan fingerprint density at radius 1 is 1.15 bits per heavy atom. The number of carbonyl (C=O) groups is 2. The number of aliphatic hydroxyl groups is 1. The van der Waals surface area contributed by atoms with Gasteiger partial charge in [0.1, 0.15) is 5.75 Å². The van der Waals surface area contributed by atoms with Gasteiger partial charge in [0.15, 0.2) is 5.60 Å². The number of carbonyl (C=O) groups excluding carboxylic acids is 2. The Morgan fingerprint density at radius 3 is 2.54 bits per heavy atom. The lowest BCUT2D eigenvalue weighted by atomic mass is 9.82. The molecule has 2 aliphatic heterocycles. The maximum atomic E-state index is 16.2. The van der Waals surface area contributed by atoms with Crippen molar-refractivity contribution in [3.8, 4) is 5.75 Å². The average molecular weight is 692 g/mol. The first kappa shape index (κ1) is 33.8. The van der Waals surface area contributed by atoms with Crippen LogP contribution in [0, 0.1) is 5.92 Å². The predicted molar refractivity (Wildman–Crippen MR) is 184 cm³/mol. The number of hydrogen-bond acceptors (Lipinski definition) is 7. The van der Waals surface area contributed by atoms with E-state index < -0.39 is 31.6 Å². The van der Waals surface area contributed by atoms with E-state index in [4.69, 9.17) is 21.1 Å². The summed E-state index contributed by atoms with van der Waals surface area (Å²) in [4.78, 5) is 29.1. The molecule has 1 saturated heterocycles. The van der Waals surface area contributed by atoms with Gasteiger partial charge in [0, 0.05) is 59.1 Å². The summed E-state index contributed by atoms with van der Waals surface area (Å²) in [5, 5.41) is 20.8. The molecule has 6 rings (SSSR count). The van der Waals surface area contributed by atoms with Crippen LogP contribution in [-0.4, -0.2) is 60.1 Å². The number of fused-ring (bicyclic) bond motifs is 2. The zero-order valence-electron chi connectivity index (χ0n) is 27.3. The van der Waals surface area contributed by atoms with Crippen LogP contribution in [0.2, 0.25) is 23.7 Å². The number of aliphatic hydroxyl groups excluding tert-OH is 1. The van der Waals surface area contributed by atoms with Crippen molar-refractivity contribution in [1.82, 2.24) is 15.0 Å². The summed E-state index contributed by atoms with van der Waals surface area (Å²) in [7, 11) is -1.78. The highest BCUT2D eigenvalue weighted by molar-refractivity contribution is 6.72. The van der Waals surface area contributed by atoms with Crippen LogP contribution in [0.4, 0.5) is 15.5 Å². The van der Waals surface area contributed by atoms with Crippen LogP contribution in [0.1, 0.15) is 40.5 Å². The molecule has 4 atom stereocenters. The van der Waals surface area contributed by atoms with Gasteiger partial charge in [-0.3, -0.25) is 14.3 Å². The maximum absolute atomic E-state index is 16.2. The molecule has 2 N–H and O–H groups in total. The summed E-state index contributed by atoms with van der Waals surface area (Å²) in [6, 6.07) is 19.5. The lowest BCUT2D eigenvalue weighted by molar-refractivity contribution is -0.146. The first-order chi connectivity index (χ1) is 22.9. The number of hydrogen-bond donors (Lipinski definition) is 2. The second-order valence-electron chi connectivity index (χ2n) is 12.9. The lowest BCUT2D eigenvalue weighted by Crippen LogP contribution is -2.45. The number of aromatic nitrogens is 3. The Balaban J connectivity index is 1.24. The Hall–Kier alpha value is -4.10. The Kier molecular flexibility index (Phi) is 9.45. The molecule has 48 heavy (non-hydrogen) atoms. The van der Waals surface area contributed by atoms with Gasteiger partial charge in [-0.25, -0.2) is 0 Å². The standard InChI is InChI=1S/C35H39ClFN5O5Si/c1-22-32(48(3,4)37)31(15-17-41-21-27(16-18-43)39-40-41)47-35(22)29-19-25(36)9-14-30(29)42(34(35)45)20-23-5-10-26(11-6-23)38-33(44)24-7-12-28(46-2)13-8-24/h5-14,19,21-22,31-32,43H,15-18,20H2,1-4H3,(H,38,44)/t22-,31+,32-,35+/m0/s1. The average Bonchev–Trinajstić information content (AvgIpc) is 3.70. The second kappa shape index (κ2) is 13.4. The van der Waals surface area contributed by atoms with Gasteiger partial charge in [-0.1, -0.05) is 35.9 Å². The number of nitrogens with zero attached hydrogens (tertiary/aromatic N) is 4. The fourth-order valence-electron chi connectivity index (χ4n) is 7.20. The Labute approximate surface area is 285 Å². The SMILES string of the molecule is COc1ccc(C(=O)Nc2ccc(CN3C(=O)[C@]4(O[C@H](CCn5cc(CCO)nn5)[C@@H]([Si](C)(C)F)[C@@H]4C)c4cc(Cl)ccc43)cc2)cc1. The Bertz CT molecular complexity index is 1800. The number of benzene rings is 3. The molecular weight excluding hydrogens is 653 g/mol. The van der Waals surface area contributed by atoms with E-state index in [0.29, 0.717) is 58.4 Å². The topological polar surface area (TPSA) is 119 Å². The molecule has 1 aromatic heterocycles. The van der Waals surface area contributed by atoms with Crippen LogP contribution < -0.4 is 15.0 Å². The van der Waals surface area contributed by atoms with Gasteiger partial charge >= 0.3 is 0 Å². The van der Waals surface area contributed by atoms with Crippen LogP contribution in [0.25, 0.3) is 0 Å². The van der Waals surface area contributed by atoms with Crippen molar-refractivity contribution >= 4 is 43.2 Å². The van der Waals surface area contributed by atoms with E-state index in [0.717, 1.165) is 5.56 Å². The zero-order chi connectivity index (χ0) is 34.2. The summed E-state index contributed by atoms with van der Waals surface area (Å²) in [6.45, 7) is 5.90. The highest BCUT2D eigenvalue weighted by Gasteiger charge is 2.66. The molecule has 0 saturated carbocycles. The van der Waals surface area contributed by atoms with Gasteiger partial charge in [-0.05, 0) is 79.7 Å². The van der Waals surface area contributed by atoms with Crippen molar-refractivity contribution in [2.24, 2.45) is 5.92 Å². The van der Waals surface area contributed by atoms with Crippen molar-refractivity contribution in [2.75, 3.05) is 23.9 Å². The summed E-state index contributed by atoms with van der Waals surface area (Å²) < 4.78 is 29.8. The highest BCUT2D eigenvalue weighted by Crippen LogP contribution is 2.60. The molecule has 3 heterocycles. The van der Waals surface area contributed by atoms with Gasteiger partial charge in [0.25, 0.3) is 11.8 Å². The van der Waals surface area contributed by atoms with Crippen LogP contribution >= 0.6 is 11.6 Å². The molecule has 1 spiro atoms. The van der Waals surface area contributed by atoms with Crippen LogP contribution in [-0.2, 0) is 34.6 Å². The van der Waals surface area contributed by atoms with Crippen molar-refractivity contribution < 1.29 is 28.3 Å². The first-order valence-electron chi connectivity index (χ1n) is 16.0. The van der Waals surface area contributed by atoms with E-state index in [1.54, 1.807) is 84.5 Å². The number of aryl methyl sites for hydroxylation is 1. The summed E-state index contributed by atoms with van der Waals surface area (Å²) >= 11 is 6.51. The molecule has 2 aliphatic rings. The molecule has 2 amide bonds. The van der Waals surface area contributed by atoms with E-state index in [2.05, 4.69) is 15.6 Å². The molecule has 1 fully saturated rings. The number of amides is 2. The first-order valence-corrected chi connectivity index (χ1v) is 19.3. The molecule has 252 valence electrons. The molecule has 0 aliphatic carbocycles. The van der Waals surface area contributed by atoms with Gasteiger partial charge in [0.2, 0.25) is 8.41 Å². The van der Waals surface area contributed by atoms with E-state index in [9.17, 15) is 14.7 Å². The second-order valence-corrected chi connectivity index (χ2v) is 17.2. The fraction of sp³-hybridized carbons (Fsp3) is 0.371. The van der Waals surface area contributed by atoms with Crippen molar-refractivity contribution in [2.45, 2.75) is 63.2 Å². The summed E-state index contributed by atoms with van der Waals surface area (Å²) in [6.07, 6.45) is 2.06. The quantitative estimate of drug-likeness (QED) is 0.143. The molecule has 13 heteroatoms. The minimum absolute atomic E-state index is 0.0277. The zero-order valence-corrected chi connectivity index (χ0v) is 29.1. The minimum Gasteiger partial charge on any atom is -0.497 e. The van der Waals surface area contributed by atoms with E-state index in [1.807, 2.05) is 25.1 Å². The summed E-state index contributed by atoms with van der Waals surface area (Å²) in [5.41, 5.74) is 2.07. The smallest absolute Gasteiger partial charge is 0.264 e. The van der Waals surface area contributed by atoms with Crippen LogP contribution in [0.15, 0.2) is 72.9 Å². The van der Waals surface area contributed by atoms with Crippen molar-refractivity contribution in [3.63, 3.8) is 0 Å². The minimum atomic E-state index is -3.35.